The highest BCUT2D eigenvalue weighted by molar-refractivity contribution is 5.96. The summed E-state index contributed by atoms with van der Waals surface area (Å²) in [4.78, 5) is 17.8. The number of halogens is 3. The number of pyridine rings is 1. The Hall–Kier alpha value is -1.83. The number of nitrogens with zero attached hydrogens (tertiary/aromatic N) is 2. The van der Waals surface area contributed by atoms with Crippen molar-refractivity contribution in [3.63, 3.8) is 0 Å². The number of aromatic nitrogens is 1. The second-order valence-electron chi connectivity index (χ2n) is 5.23. The molecule has 1 fully saturated rings. The van der Waals surface area contributed by atoms with Gasteiger partial charge in [0, 0.05) is 19.3 Å². The third-order valence-electron chi connectivity index (χ3n) is 3.61. The first-order valence-corrected chi connectivity index (χ1v) is 7.04. The molecule has 2 rings (SSSR count). The van der Waals surface area contributed by atoms with Crippen LogP contribution in [0, 0.1) is 5.92 Å². The Kier molecular flexibility index (Phi) is 5.23. The molecule has 0 atom stereocenters. The number of piperidine rings is 1. The molecule has 0 bridgehead atoms. The first kappa shape index (κ1) is 16.5. The van der Waals surface area contributed by atoms with Gasteiger partial charge in [0.1, 0.15) is 5.56 Å². The smallest absolute Gasteiger partial charge is 0.422 e. The Balaban J connectivity index is 2.06. The SMILES string of the molecule is NCC1CCN(C(=O)c2cccnc2OCC(F)(F)F)CC1. The summed E-state index contributed by atoms with van der Waals surface area (Å²) in [6.07, 6.45) is -1.59. The highest BCUT2D eigenvalue weighted by Gasteiger charge is 2.30. The summed E-state index contributed by atoms with van der Waals surface area (Å²) < 4.78 is 41.4. The van der Waals surface area contributed by atoms with E-state index in [1.165, 1.54) is 18.3 Å². The summed E-state index contributed by atoms with van der Waals surface area (Å²) in [7, 11) is 0. The van der Waals surface area contributed by atoms with E-state index in [1.54, 1.807) is 4.90 Å². The number of alkyl halides is 3. The van der Waals surface area contributed by atoms with Gasteiger partial charge in [0.15, 0.2) is 6.61 Å². The molecule has 0 unspecified atom stereocenters. The molecule has 0 radical (unpaired) electrons. The fourth-order valence-electron chi connectivity index (χ4n) is 2.36. The minimum atomic E-state index is -4.47. The first-order chi connectivity index (χ1) is 10.4. The lowest BCUT2D eigenvalue weighted by atomic mass is 9.97. The second-order valence-corrected chi connectivity index (χ2v) is 5.23. The van der Waals surface area contributed by atoms with Crippen molar-refractivity contribution in [1.82, 2.24) is 9.88 Å². The minimum absolute atomic E-state index is 0.0537. The minimum Gasteiger partial charge on any atom is -0.467 e. The van der Waals surface area contributed by atoms with Crippen molar-refractivity contribution >= 4 is 5.91 Å². The zero-order valence-corrected chi connectivity index (χ0v) is 12.0. The average Bonchev–Trinajstić information content (AvgIpc) is 2.52. The van der Waals surface area contributed by atoms with Crippen LogP contribution in [0.3, 0.4) is 0 Å². The molecular weight excluding hydrogens is 299 g/mol. The number of carbonyl (C=O) groups is 1. The number of hydrogen-bond acceptors (Lipinski definition) is 4. The van der Waals surface area contributed by atoms with Gasteiger partial charge in [-0.3, -0.25) is 4.79 Å². The molecule has 5 nitrogen and oxygen atoms in total. The van der Waals surface area contributed by atoms with Crippen LogP contribution in [0.2, 0.25) is 0 Å². The van der Waals surface area contributed by atoms with Crippen molar-refractivity contribution < 1.29 is 22.7 Å². The van der Waals surface area contributed by atoms with Gasteiger partial charge in [0.2, 0.25) is 5.88 Å². The van der Waals surface area contributed by atoms with Crippen molar-refractivity contribution in [1.29, 1.82) is 0 Å². The van der Waals surface area contributed by atoms with Crippen molar-refractivity contribution in [3.05, 3.63) is 23.9 Å². The van der Waals surface area contributed by atoms with Gasteiger partial charge in [-0.05, 0) is 37.4 Å². The number of likely N-dealkylation sites (tertiary alicyclic amines) is 1. The van der Waals surface area contributed by atoms with Crippen LogP contribution >= 0.6 is 0 Å². The van der Waals surface area contributed by atoms with Crippen LogP contribution < -0.4 is 10.5 Å². The lowest BCUT2D eigenvalue weighted by Gasteiger charge is -2.31. The van der Waals surface area contributed by atoms with E-state index in [0.29, 0.717) is 25.6 Å². The van der Waals surface area contributed by atoms with Gasteiger partial charge >= 0.3 is 6.18 Å². The number of hydrogen-bond donors (Lipinski definition) is 1. The second kappa shape index (κ2) is 6.95. The van der Waals surface area contributed by atoms with Gasteiger partial charge in [-0.25, -0.2) is 4.98 Å². The van der Waals surface area contributed by atoms with E-state index in [1.807, 2.05) is 0 Å². The van der Waals surface area contributed by atoms with Gasteiger partial charge in [0.05, 0.1) is 0 Å². The van der Waals surface area contributed by atoms with E-state index in [2.05, 4.69) is 9.72 Å². The average molecular weight is 317 g/mol. The Morgan fingerprint density at radius 2 is 2.09 bits per heavy atom. The van der Waals surface area contributed by atoms with Gasteiger partial charge < -0.3 is 15.4 Å². The summed E-state index contributed by atoms with van der Waals surface area (Å²) in [5, 5.41) is 0. The Labute approximate surface area is 126 Å². The van der Waals surface area contributed by atoms with Crippen molar-refractivity contribution in [2.45, 2.75) is 19.0 Å². The Morgan fingerprint density at radius 1 is 1.41 bits per heavy atom. The third kappa shape index (κ3) is 4.33. The summed E-state index contributed by atoms with van der Waals surface area (Å²) in [5.74, 6) is -0.259. The number of carbonyl (C=O) groups excluding carboxylic acids is 1. The van der Waals surface area contributed by atoms with Crippen molar-refractivity contribution in [3.8, 4) is 5.88 Å². The van der Waals surface area contributed by atoms with Crippen LogP contribution in [0.25, 0.3) is 0 Å². The Bertz CT molecular complexity index is 514. The van der Waals surface area contributed by atoms with Crippen molar-refractivity contribution in [2.75, 3.05) is 26.2 Å². The molecule has 1 aliphatic rings. The quantitative estimate of drug-likeness (QED) is 0.920. The molecule has 1 aromatic rings. The molecule has 0 aromatic carbocycles. The summed E-state index contributed by atoms with van der Waals surface area (Å²) >= 11 is 0. The van der Waals surface area contributed by atoms with E-state index >= 15 is 0 Å². The van der Waals surface area contributed by atoms with E-state index in [0.717, 1.165) is 12.8 Å². The van der Waals surface area contributed by atoms with Crippen LogP contribution in [-0.2, 0) is 0 Å². The molecule has 122 valence electrons. The highest BCUT2D eigenvalue weighted by atomic mass is 19.4. The van der Waals surface area contributed by atoms with Crippen molar-refractivity contribution in [2.24, 2.45) is 11.7 Å². The van der Waals surface area contributed by atoms with Gasteiger partial charge in [-0.1, -0.05) is 0 Å². The Morgan fingerprint density at radius 3 is 2.68 bits per heavy atom. The number of amides is 1. The number of nitrogens with two attached hydrogens (primary N) is 1. The lowest BCUT2D eigenvalue weighted by molar-refractivity contribution is -0.154. The van der Waals surface area contributed by atoms with E-state index < -0.39 is 12.8 Å². The maximum atomic E-state index is 12.4. The van der Waals surface area contributed by atoms with E-state index in [-0.39, 0.29) is 17.4 Å². The maximum absolute atomic E-state index is 12.4. The fraction of sp³-hybridized carbons (Fsp3) is 0.571. The zero-order valence-electron chi connectivity index (χ0n) is 12.0. The molecule has 2 N–H and O–H groups in total. The first-order valence-electron chi connectivity index (χ1n) is 7.04. The topological polar surface area (TPSA) is 68.5 Å². The molecule has 1 aromatic heterocycles. The molecule has 1 amide bonds. The molecule has 1 saturated heterocycles. The van der Waals surface area contributed by atoms with Gasteiger partial charge in [-0.2, -0.15) is 13.2 Å². The van der Waals surface area contributed by atoms with Gasteiger partial charge in [0.25, 0.3) is 5.91 Å². The van der Waals surface area contributed by atoms with Gasteiger partial charge in [-0.15, -0.1) is 0 Å². The van der Waals surface area contributed by atoms with Crippen LogP contribution in [0.4, 0.5) is 13.2 Å². The molecular formula is C14H18F3N3O2. The molecule has 0 saturated carbocycles. The highest BCUT2D eigenvalue weighted by Crippen LogP contribution is 2.23. The zero-order chi connectivity index (χ0) is 16.2. The van der Waals surface area contributed by atoms with E-state index in [9.17, 15) is 18.0 Å². The van der Waals surface area contributed by atoms with Crippen LogP contribution in [0.1, 0.15) is 23.2 Å². The van der Waals surface area contributed by atoms with Crippen LogP contribution in [-0.4, -0.2) is 48.2 Å². The van der Waals surface area contributed by atoms with E-state index in [4.69, 9.17) is 5.73 Å². The predicted octanol–water partition coefficient (Wildman–Crippen LogP) is 1.83. The third-order valence-corrected chi connectivity index (χ3v) is 3.61. The molecule has 22 heavy (non-hydrogen) atoms. The molecule has 2 heterocycles. The monoisotopic (exact) mass is 317 g/mol. The standard InChI is InChI=1S/C14H18F3N3O2/c15-14(16,17)9-22-12-11(2-1-5-19-12)13(21)20-6-3-10(8-18)4-7-20/h1-2,5,10H,3-4,6-9,18H2. The number of rotatable bonds is 4. The lowest BCUT2D eigenvalue weighted by Crippen LogP contribution is -2.40. The number of ether oxygens (including phenoxy) is 1. The maximum Gasteiger partial charge on any atom is 0.422 e. The van der Waals surface area contributed by atoms with Crippen LogP contribution in [0.5, 0.6) is 5.88 Å². The molecule has 1 aliphatic heterocycles. The normalized spacial score (nSPS) is 16.6. The predicted molar refractivity (Wildman–Crippen MR) is 73.5 cm³/mol. The molecule has 0 spiro atoms. The van der Waals surface area contributed by atoms with Crippen LogP contribution in [0.15, 0.2) is 18.3 Å². The molecule has 8 heteroatoms. The summed E-state index contributed by atoms with van der Waals surface area (Å²) in [6, 6.07) is 2.93. The summed E-state index contributed by atoms with van der Waals surface area (Å²) in [6.45, 7) is 0.178. The molecule has 0 aliphatic carbocycles. The summed E-state index contributed by atoms with van der Waals surface area (Å²) in [5.41, 5.74) is 5.65. The fourth-order valence-corrected chi connectivity index (χ4v) is 2.36. The largest absolute Gasteiger partial charge is 0.467 e.